The van der Waals surface area contributed by atoms with E-state index in [1.807, 2.05) is 60.7 Å². The van der Waals surface area contributed by atoms with Gasteiger partial charge in [-0.2, -0.15) is 0 Å². The van der Waals surface area contributed by atoms with E-state index in [-0.39, 0.29) is 10.9 Å². The fourth-order valence-corrected chi connectivity index (χ4v) is 3.49. The van der Waals surface area contributed by atoms with Crippen LogP contribution in [0.4, 0.5) is 18.9 Å². The first-order valence-corrected chi connectivity index (χ1v) is 10.4. The van der Waals surface area contributed by atoms with E-state index in [1.54, 1.807) is 0 Å². The van der Waals surface area contributed by atoms with Crippen LogP contribution < -0.4 is 5.32 Å². The third kappa shape index (κ3) is 4.78. The predicted molar refractivity (Wildman–Crippen MR) is 116 cm³/mol. The average Bonchev–Trinajstić information content (AvgIpc) is 2.84. The maximum atomic E-state index is 13.8. The van der Waals surface area contributed by atoms with E-state index in [2.05, 4.69) is 20.5 Å². The molecular formula is C23H15F3N4OS. The summed E-state index contributed by atoms with van der Waals surface area (Å²) in [5, 5.41) is 10.9. The van der Waals surface area contributed by atoms with Crippen molar-refractivity contribution >= 4 is 23.4 Å². The number of nitrogens with one attached hydrogen (secondary N) is 1. The number of anilines is 1. The second-order valence-electron chi connectivity index (χ2n) is 6.58. The molecule has 0 spiro atoms. The maximum absolute atomic E-state index is 13.8. The zero-order chi connectivity index (χ0) is 22.5. The quantitative estimate of drug-likeness (QED) is 0.315. The van der Waals surface area contributed by atoms with Gasteiger partial charge in [-0.3, -0.25) is 4.79 Å². The molecule has 1 heterocycles. The Morgan fingerprint density at radius 1 is 0.781 bits per heavy atom. The number of benzene rings is 3. The van der Waals surface area contributed by atoms with Crippen LogP contribution >= 0.6 is 11.8 Å². The number of carbonyl (C=O) groups is 1. The topological polar surface area (TPSA) is 67.8 Å². The smallest absolute Gasteiger partial charge is 0.234 e. The van der Waals surface area contributed by atoms with E-state index in [0.717, 1.165) is 35.0 Å². The molecule has 3 aromatic carbocycles. The summed E-state index contributed by atoms with van der Waals surface area (Å²) in [6.45, 7) is 0. The number of aromatic nitrogens is 3. The van der Waals surface area contributed by atoms with Crippen LogP contribution in [0.2, 0.25) is 0 Å². The van der Waals surface area contributed by atoms with E-state index in [9.17, 15) is 18.0 Å². The Bertz CT molecular complexity index is 1260. The van der Waals surface area contributed by atoms with Crippen LogP contribution in [-0.4, -0.2) is 26.8 Å². The van der Waals surface area contributed by atoms with E-state index in [1.165, 1.54) is 0 Å². The van der Waals surface area contributed by atoms with Gasteiger partial charge in [-0.25, -0.2) is 18.2 Å². The molecule has 0 unspecified atom stereocenters. The summed E-state index contributed by atoms with van der Waals surface area (Å²) >= 11 is 0.987. The zero-order valence-corrected chi connectivity index (χ0v) is 17.2. The first kappa shape index (κ1) is 21.5. The Balaban J connectivity index is 1.54. The summed E-state index contributed by atoms with van der Waals surface area (Å²) in [4.78, 5) is 16.8. The Morgan fingerprint density at radius 3 is 2.06 bits per heavy atom. The molecule has 4 aromatic rings. The van der Waals surface area contributed by atoms with Gasteiger partial charge >= 0.3 is 0 Å². The van der Waals surface area contributed by atoms with Crippen LogP contribution in [0.25, 0.3) is 22.5 Å². The Morgan fingerprint density at radius 2 is 1.41 bits per heavy atom. The lowest BCUT2D eigenvalue weighted by Gasteiger charge is -2.10. The van der Waals surface area contributed by atoms with E-state index in [4.69, 9.17) is 0 Å². The van der Waals surface area contributed by atoms with Crippen molar-refractivity contribution in [1.29, 1.82) is 0 Å². The Hall–Kier alpha value is -3.72. The largest absolute Gasteiger partial charge is 0.323 e. The van der Waals surface area contributed by atoms with Gasteiger partial charge in [0.2, 0.25) is 11.1 Å². The molecule has 0 bridgehead atoms. The third-order valence-electron chi connectivity index (χ3n) is 4.40. The number of nitrogens with zero attached hydrogens (tertiary/aromatic N) is 3. The van der Waals surface area contributed by atoms with Crippen LogP contribution in [0, 0.1) is 17.5 Å². The van der Waals surface area contributed by atoms with Gasteiger partial charge in [-0.05, 0) is 12.1 Å². The molecule has 0 radical (unpaired) electrons. The van der Waals surface area contributed by atoms with Gasteiger partial charge in [0.25, 0.3) is 0 Å². The van der Waals surface area contributed by atoms with Crippen molar-refractivity contribution in [2.24, 2.45) is 0 Å². The van der Waals surface area contributed by atoms with E-state index >= 15 is 0 Å². The highest BCUT2D eigenvalue weighted by Crippen LogP contribution is 2.29. The van der Waals surface area contributed by atoms with Crippen LogP contribution in [0.5, 0.6) is 0 Å². The lowest BCUT2D eigenvalue weighted by atomic mass is 10.0. The maximum Gasteiger partial charge on any atom is 0.234 e. The monoisotopic (exact) mass is 452 g/mol. The molecule has 0 aliphatic heterocycles. The molecule has 0 aliphatic carbocycles. The van der Waals surface area contributed by atoms with Gasteiger partial charge in [-0.15, -0.1) is 10.2 Å². The van der Waals surface area contributed by atoms with Crippen LogP contribution in [0.1, 0.15) is 0 Å². The minimum absolute atomic E-state index is 0.182. The number of hydrogen-bond donors (Lipinski definition) is 1. The number of amides is 1. The second kappa shape index (κ2) is 9.61. The molecular weight excluding hydrogens is 437 g/mol. The van der Waals surface area contributed by atoms with Gasteiger partial charge in [0.05, 0.1) is 11.4 Å². The van der Waals surface area contributed by atoms with Crippen LogP contribution in [0.3, 0.4) is 0 Å². The minimum atomic E-state index is -1.65. The SMILES string of the molecule is O=C(CSc1nnc(-c2ccccc2)c(-c2ccccc2)n1)Nc1ccc(F)c(F)c1F. The molecule has 1 N–H and O–H groups in total. The highest BCUT2D eigenvalue weighted by atomic mass is 32.2. The molecule has 5 nitrogen and oxygen atoms in total. The molecule has 160 valence electrons. The van der Waals surface area contributed by atoms with E-state index < -0.39 is 29.0 Å². The van der Waals surface area contributed by atoms with Crippen molar-refractivity contribution in [3.63, 3.8) is 0 Å². The molecule has 1 amide bonds. The van der Waals surface area contributed by atoms with Crippen molar-refractivity contribution in [2.45, 2.75) is 5.16 Å². The van der Waals surface area contributed by atoms with Gasteiger partial charge in [-0.1, -0.05) is 72.4 Å². The third-order valence-corrected chi connectivity index (χ3v) is 5.24. The van der Waals surface area contributed by atoms with Crippen LogP contribution in [-0.2, 0) is 4.79 Å². The van der Waals surface area contributed by atoms with Gasteiger partial charge < -0.3 is 5.32 Å². The lowest BCUT2D eigenvalue weighted by Crippen LogP contribution is -2.16. The predicted octanol–water partition coefficient (Wildman–Crippen LogP) is 5.35. The van der Waals surface area contributed by atoms with Crippen molar-refractivity contribution in [3.8, 4) is 22.5 Å². The zero-order valence-electron chi connectivity index (χ0n) is 16.4. The number of carbonyl (C=O) groups excluding carboxylic acids is 1. The second-order valence-corrected chi connectivity index (χ2v) is 7.53. The fraction of sp³-hybridized carbons (Fsp3) is 0.0435. The molecule has 0 fully saturated rings. The summed E-state index contributed by atoms with van der Waals surface area (Å²) in [7, 11) is 0. The van der Waals surface area contributed by atoms with Gasteiger partial charge in [0.15, 0.2) is 17.5 Å². The van der Waals surface area contributed by atoms with Crippen molar-refractivity contribution in [3.05, 3.63) is 90.2 Å². The lowest BCUT2D eigenvalue weighted by molar-refractivity contribution is -0.113. The molecule has 0 aliphatic rings. The highest BCUT2D eigenvalue weighted by molar-refractivity contribution is 7.99. The van der Waals surface area contributed by atoms with Crippen molar-refractivity contribution in [1.82, 2.24) is 15.2 Å². The molecule has 0 atom stereocenters. The standard InChI is InChI=1S/C23H15F3N4OS/c24-16-11-12-17(20(26)19(16)25)27-18(31)13-32-23-28-21(14-7-3-1-4-8-14)22(29-30-23)15-9-5-2-6-10-15/h1-12H,13H2,(H,27,31). The molecule has 4 rings (SSSR count). The minimum Gasteiger partial charge on any atom is -0.323 e. The summed E-state index contributed by atoms with van der Waals surface area (Å²) < 4.78 is 40.1. The Kier molecular flexibility index (Phi) is 6.46. The van der Waals surface area contributed by atoms with Crippen molar-refractivity contribution < 1.29 is 18.0 Å². The summed E-state index contributed by atoms with van der Waals surface area (Å²) in [6.07, 6.45) is 0. The summed E-state index contributed by atoms with van der Waals surface area (Å²) in [6, 6.07) is 20.6. The van der Waals surface area contributed by atoms with Gasteiger partial charge in [0, 0.05) is 11.1 Å². The van der Waals surface area contributed by atoms with E-state index in [0.29, 0.717) is 11.4 Å². The molecule has 32 heavy (non-hydrogen) atoms. The average molecular weight is 452 g/mol. The first-order chi connectivity index (χ1) is 15.5. The highest BCUT2D eigenvalue weighted by Gasteiger charge is 2.17. The van der Waals surface area contributed by atoms with Crippen molar-refractivity contribution in [2.75, 3.05) is 11.1 Å². The first-order valence-electron chi connectivity index (χ1n) is 9.44. The normalized spacial score (nSPS) is 10.7. The summed E-state index contributed by atoms with van der Waals surface area (Å²) in [5.74, 6) is -5.25. The van der Waals surface area contributed by atoms with Gasteiger partial charge in [0.1, 0.15) is 11.4 Å². The summed E-state index contributed by atoms with van der Waals surface area (Å²) in [5.41, 5.74) is 2.42. The molecule has 0 saturated carbocycles. The van der Waals surface area contributed by atoms with Crippen LogP contribution in [0.15, 0.2) is 78.0 Å². The molecule has 9 heteroatoms. The number of hydrogen-bond acceptors (Lipinski definition) is 5. The molecule has 1 aromatic heterocycles. The fourth-order valence-electron chi connectivity index (χ4n) is 2.90. The Labute approximate surface area is 185 Å². The molecule has 0 saturated heterocycles. The number of rotatable bonds is 6. The number of thioether (sulfide) groups is 1. The number of halogens is 3.